The van der Waals surface area contributed by atoms with Gasteiger partial charge in [0.1, 0.15) is 9.75 Å². The van der Waals surface area contributed by atoms with Crippen molar-refractivity contribution in [2.75, 3.05) is 6.26 Å². The standard InChI is InChI=1S/C19H17ClN4O4S2/c1-30(26,27)19(4-5-19)15-22-14(28-24-15)13(25)23-18-7-17(8-18,9-18)16-21-11-3-2-10(20)6-12(11)29-16/h2-3,6H,4-5,7-9H2,1H3,(H,23,25). The van der Waals surface area contributed by atoms with Crippen LogP contribution >= 0.6 is 22.9 Å². The number of hydrogen-bond acceptors (Lipinski definition) is 8. The van der Waals surface area contributed by atoms with Gasteiger partial charge in [-0.15, -0.1) is 11.3 Å². The number of aromatic nitrogens is 3. The normalized spacial score (nSPS) is 28.6. The molecular weight excluding hydrogens is 448 g/mol. The van der Waals surface area contributed by atoms with Crippen LogP contribution in [0.1, 0.15) is 53.6 Å². The van der Waals surface area contributed by atoms with Crippen LogP contribution in [-0.4, -0.2) is 41.2 Å². The molecule has 1 aromatic carbocycles. The van der Waals surface area contributed by atoms with E-state index in [1.165, 1.54) is 0 Å². The Balaban J connectivity index is 1.16. The third-order valence-corrected chi connectivity index (χ3v) is 10.2. The molecule has 4 aliphatic rings. The van der Waals surface area contributed by atoms with E-state index in [9.17, 15) is 13.2 Å². The second-order valence-corrected chi connectivity index (χ2v) is 12.7. The van der Waals surface area contributed by atoms with Crippen LogP contribution in [0.15, 0.2) is 22.7 Å². The molecule has 0 atom stereocenters. The third-order valence-electron chi connectivity index (χ3n) is 6.65. The second-order valence-electron chi connectivity index (χ2n) is 8.87. The van der Waals surface area contributed by atoms with Gasteiger partial charge in [0.25, 0.3) is 0 Å². The number of fused-ring (bicyclic) bond motifs is 1. The Morgan fingerprint density at radius 1 is 1.23 bits per heavy atom. The van der Waals surface area contributed by atoms with Gasteiger partial charge in [-0.05, 0) is 50.3 Å². The van der Waals surface area contributed by atoms with E-state index in [1.54, 1.807) is 11.3 Å². The van der Waals surface area contributed by atoms with Crippen molar-refractivity contribution in [3.05, 3.63) is 39.9 Å². The van der Waals surface area contributed by atoms with Gasteiger partial charge in [0.15, 0.2) is 15.7 Å². The van der Waals surface area contributed by atoms with Crippen LogP contribution in [0.3, 0.4) is 0 Å². The van der Waals surface area contributed by atoms with Crippen molar-refractivity contribution < 1.29 is 17.7 Å². The number of amides is 1. The van der Waals surface area contributed by atoms with Crippen molar-refractivity contribution >= 4 is 48.9 Å². The van der Waals surface area contributed by atoms with Crippen LogP contribution in [-0.2, 0) is 20.0 Å². The molecule has 3 aromatic rings. The summed E-state index contributed by atoms with van der Waals surface area (Å²) in [6, 6.07) is 5.69. The molecule has 4 saturated carbocycles. The Morgan fingerprint density at radius 3 is 2.63 bits per heavy atom. The van der Waals surface area contributed by atoms with Crippen LogP contribution in [0.4, 0.5) is 0 Å². The maximum absolute atomic E-state index is 12.6. The smallest absolute Gasteiger partial charge is 0.316 e. The van der Waals surface area contributed by atoms with Gasteiger partial charge < -0.3 is 9.84 Å². The molecule has 4 fully saturated rings. The zero-order chi connectivity index (χ0) is 20.9. The monoisotopic (exact) mass is 464 g/mol. The van der Waals surface area contributed by atoms with E-state index in [1.807, 2.05) is 18.2 Å². The molecule has 0 saturated heterocycles. The number of nitrogens with zero attached hydrogens (tertiary/aromatic N) is 3. The first-order valence-corrected chi connectivity index (χ1v) is 12.7. The van der Waals surface area contributed by atoms with Crippen molar-refractivity contribution in [2.24, 2.45) is 0 Å². The molecule has 156 valence electrons. The van der Waals surface area contributed by atoms with Gasteiger partial charge in [-0.1, -0.05) is 16.8 Å². The average molecular weight is 465 g/mol. The van der Waals surface area contributed by atoms with Gasteiger partial charge >= 0.3 is 11.8 Å². The number of halogens is 1. The molecule has 2 aromatic heterocycles. The minimum atomic E-state index is -3.36. The molecule has 1 amide bonds. The Labute approximate surface area is 180 Å². The van der Waals surface area contributed by atoms with Crippen LogP contribution in [0.5, 0.6) is 0 Å². The van der Waals surface area contributed by atoms with Crippen molar-refractivity contribution in [2.45, 2.75) is 47.8 Å². The summed E-state index contributed by atoms with van der Waals surface area (Å²) < 4.78 is 29.1. The zero-order valence-corrected chi connectivity index (χ0v) is 18.3. The minimum Gasteiger partial charge on any atom is -0.342 e. The summed E-state index contributed by atoms with van der Waals surface area (Å²) in [5.74, 6) is -0.562. The predicted octanol–water partition coefficient (Wildman–Crippen LogP) is 2.97. The van der Waals surface area contributed by atoms with E-state index in [0.717, 1.165) is 40.7 Å². The number of sulfone groups is 1. The average Bonchev–Trinajstić information content (AvgIpc) is 3.11. The molecule has 30 heavy (non-hydrogen) atoms. The summed E-state index contributed by atoms with van der Waals surface area (Å²) in [5, 5.41) is 8.56. The van der Waals surface area contributed by atoms with Crippen LogP contribution < -0.4 is 5.32 Å². The summed E-state index contributed by atoms with van der Waals surface area (Å²) in [7, 11) is -3.36. The Morgan fingerprint density at radius 2 is 1.97 bits per heavy atom. The van der Waals surface area contributed by atoms with E-state index in [2.05, 4.69) is 15.5 Å². The molecule has 4 aliphatic carbocycles. The first kappa shape index (κ1) is 18.7. The lowest BCUT2D eigenvalue weighted by atomic mass is 9.39. The summed E-state index contributed by atoms with van der Waals surface area (Å²) >= 11 is 7.73. The fourth-order valence-electron chi connectivity index (χ4n) is 4.94. The quantitative estimate of drug-likeness (QED) is 0.617. The highest BCUT2D eigenvalue weighted by atomic mass is 35.5. The SMILES string of the molecule is CS(=O)(=O)C1(c2noc(C(=O)NC34CC(c5nc6ccc(Cl)cc6s5)(C3)C4)n2)CC1. The number of hydrogen-bond donors (Lipinski definition) is 1. The fourth-order valence-corrected chi connectivity index (χ4v) is 7.63. The zero-order valence-electron chi connectivity index (χ0n) is 15.9. The molecule has 2 heterocycles. The molecule has 0 aliphatic heterocycles. The highest BCUT2D eigenvalue weighted by Crippen LogP contribution is 2.68. The number of nitrogens with one attached hydrogen (secondary N) is 1. The summed E-state index contributed by atoms with van der Waals surface area (Å²) in [5.41, 5.74) is 0.674. The first-order valence-electron chi connectivity index (χ1n) is 9.57. The van der Waals surface area contributed by atoms with Gasteiger partial charge in [0, 0.05) is 22.2 Å². The summed E-state index contributed by atoms with van der Waals surface area (Å²) in [6.07, 6.45) is 4.50. The highest BCUT2D eigenvalue weighted by molar-refractivity contribution is 7.91. The Bertz CT molecular complexity index is 1320. The van der Waals surface area contributed by atoms with Gasteiger partial charge in [-0.3, -0.25) is 4.79 Å². The number of rotatable bonds is 5. The van der Waals surface area contributed by atoms with Gasteiger partial charge in [0.05, 0.1) is 10.2 Å². The van der Waals surface area contributed by atoms with E-state index >= 15 is 0 Å². The minimum absolute atomic E-state index is 0.0117. The molecular formula is C19H17ClN4O4S2. The second kappa shape index (κ2) is 5.60. The molecule has 8 nitrogen and oxygen atoms in total. The van der Waals surface area contributed by atoms with E-state index < -0.39 is 20.5 Å². The number of benzene rings is 1. The highest BCUT2D eigenvalue weighted by Gasteiger charge is 2.70. The molecule has 0 unspecified atom stereocenters. The van der Waals surface area contributed by atoms with Gasteiger partial charge in [-0.25, -0.2) is 13.4 Å². The summed E-state index contributed by atoms with van der Waals surface area (Å²) in [4.78, 5) is 21.5. The maximum Gasteiger partial charge on any atom is 0.316 e. The number of carbonyl (C=O) groups excluding carboxylic acids is 1. The molecule has 2 bridgehead atoms. The number of thiazole rings is 1. The topological polar surface area (TPSA) is 115 Å². The van der Waals surface area contributed by atoms with Crippen molar-refractivity contribution in [3.63, 3.8) is 0 Å². The third kappa shape index (κ3) is 2.47. The van der Waals surface area contributed by atoms with Crippen LogP contribution in [0.25, 0.3) is 10.2 Å². The maximum atomic E-state index is 12.6. The van der Waals surface area contributed by atoms with E-state index in [4.69, 9.17) is 21.1 Å². The van der Waals surface area contributed by atoms with Crippen molar-refractivity contribution in [3.8, 4) is 0 Å². The molecule has 7 rings (SSSR count). The fraction of sp³-hybridized carbons (Fsp3) is 0.474. The van der Waals surface area contributed by atoms with E-state index in [-0.39, 0.29) is 22.7 Å². The Kier molecular flexibility index (Phi) is 3.49. The van der Waals surface area contributed by atoms with Gasteiger partial charge in [0.2, 0.25) is 0 Å². The Hall–Kier alpha value is -2.04. The van der Waals surface area contributed by atoms with Gasteiger partial charge in [-0.2, -0.15) is 4.98 Å². The lowest BCUT2D eigenvalue weighted by Crippen LogP contribution is -2.76. The summed E-state index contributed by atoms with van der Waals surface area (Å²) in [6.45, 7) is 0. The predicted molar refractivity (Wildman–Crippen MR) is 110 cm³/mol. The van der Waals surface area contributed by atoms with Crippen molar-refractivity contribution in [1.82, 2.24) is 20.4 Å². The number of carbonyl (C=O) groups is 1. The molecule has 0 spiro atoms. The van der Waals surface area contributed by atoms with E-state index in [0.29, 0.717) is 17.9 Å². The molecule has 11 heteroatoms. The first-order chi connectivity index (χ1) is 14.1. The van der Waals surface area contributed by atoms with Crippen LogP contribution in [0.2, 0.25) is 5.02 Å². The van der Waals surface area contributed by atoms with Crippen molar-refractivity contribution in [1.29, 1.82) is 0 Å². The lowest BCUT2D eigenvalue weighted by Gasteiger charge is -2.69. The molecule has 0 radical (unpaired) electrons. The lowest BCUT2D eigenvalue weighted by molar-refractivity contribution is -0.0812. The van der Waals surface area contributed by atoms with Crippen LogP contribution in [0, 0.1) is 0 Å². The molecule has 1 N–H and O–H groups in total. The largest absolute Gasteiger partial charge is 0.342 e.